The van der Waals surface area contributed by atoms with Crippen molar-refractivity contribution in [1.82, 2.24) is 4.90 Å². The largest absolute Gasteiger partial charge is 0.486 e. The lowest BCUT2D eigenvalue weighted by molar-refractivity contribution is -0.149. The highest BCUT2D eigenvalue weighted by Crippen LogP contribution is 2.39. The van der Waals surface area contributed by atoms with Gasteiger partial charge in [-0.3, -0.25) is 9.59 Å². The van der Waals surface area contributed by atoms with Gasteiger partial charge in [0.2, 0.25) is 0 Å². The van der Waals surface area contributed by atoms with E-state index in [1.165, 1.54) is 0 Å². The Morgan fingerprint density at radius 2 is 1.76 bits per heavy atom. The first-order valence-electron chi connectivity index (χ1n) is 9.83. The third-order valence-electron chi connectivity index (χ3n) is 5.66. The molecule has 2 aromatic rings. The molecule has 2 heterocycles. The highest BCUT2D eigenvalue weighted by Gasteiger charge is 2.45. The summed E-state index contributed by atoms with van der Waals surface area (Å²) in [7, 11) is 0. The van der Waals surface area contributed by atoms with E-state index >= 15 is 0 Å². The molecule has 152 valence electrons. The van der Waals surface area contributed by atoms with Crippen molar-refractivity contribution in [1.29, 1.82) is 0 Å². The molecule has 5 nitrogen and oxygen atoms in total. The van der Waals surface area contributed by atoms with Gasteiger partial charge in [-0.1, -0.05) is 23.7 Å². The van der Waals surface area contributed by atoms with Crippen LogP contribution in [0.2, 0.25) is 5.02 Å². The Labute approximate surface area is 175 Å². The number of amides is 1. The molecular weight excluding hydrogens is 390 g/mol. The molecule has 29 heavy (non-hydrogen) atoms. The third kappa shape index (κ3) is 3.97. The standard InChI is InChI=1S/C23H24ClNO4/c1-22(2,28-17-9-7-16(24)8-10-17)21(27)25-13-11-23(12-14-25)15-19(26)18-5-3-4-6-20(18)29-23/h3-10H,11-15H2,1-2H3. The number of hydrogen-bond donors (Lipinski definition) is 0. The summed E-state index contributed by atoms with van der Waals surface area (Å²) in [6.07, 6.45) is 1.60. The predicted molar refractivity (Wildman–Crippen MR) is 111 cm³/mol. The topological polar surface area (TPSA) is 55.8 Å². The molecule has 0 bridgehead atoms. The fraction of sp³-hybridized carbons (Fsp3) is 0.391. The van der Waals surface area contributed by atoms with E-state index in [0.29, 0.717) is 54.4 Å². The first kappa shape index (κ1) is 19.8. The molecule has 0 N–H and O–H groups in total. The number of nitrogens with zero attached hydrogens (tertiary/aromatic N) is 1. The van der Waals surface area contributed by atoms with E-state index in [4.69, 9.17) is 21.1 Å². The number of ketones is 1. The second kappa shape index (κ2) is 7.38. The highest BCUT2D eigenvalue weighted by molar-refractivity contribution is 6.30. The van der Waals surface area contributed by atoms with Crippen LogP contribution in [0.1, 0.15) is 43.5 Å². The van der Waals surface area contributed by atoms with Gasteiger partial charge in [0.05, 0.1) is 12.0 Å². The highest BCUT2D eigenvalue weighted by atomic mass is 35.5. The summed E-state index contributed by atoms with van der Waals surface area (Å²) in [6, 6.07) is 14.3. The van der Waals surface area contributed by atoms with E-state index in [1.54, 1.807) is 49.1 Å². The van der Waals surface area contributed by atoms with Gasteiger partial charge in [0.1, 0.15) is 17.1 Å². The van der Waals surface area contributed by atoms with Crippen molar-refractivity contribution >= 4 is 23.3 Å². The Balaban J connectivity index is 1.42. The minimum atomic E-state index is -1.01. The van der Waals surface area contributed by atoms with Gasteiger partial charge in [0, 0.05) is 31.0 Å². The fourth-order valence-electron chi connectivity index (χ4n) is 4.06. The molecule has 0 radical (unpaired) electrons. The molecule has 2 aromatic carbocycles. The molecule has 2 aliphatic rings. The number of carbonyl (C=O) groups is 2. The maximum absolute atomic E-state index is 13.1. The van der Waals surface area contributed by atoms with Crippen LogP contribution in [0.25, 0.3) is 0 Å². The van der Waals surface area contributed by atoms with Crippen molar-refractivity contribution < 1.29 is 19.1 Å². The predicted octanol–water partition coefficient (Wildman–Crippen LogP) is 4.52. The van der Waals surface area contributed by atoms with E-state index in [1.807, 2.05) is 18.2 Å². The average Bonchev–Trinajstić information content (AvgIpc) is 2.70. The van der Waals surface area contributed by atoms with Crippen molar-refractivity contribution in [2.45, 2.75) is 44.3 Å². The number of rotatable bonds is 3. The molecule has 0 unspecified atom stereocenters. The molecule has 0 saturated carbocycles. The van der Waals surface area contributed by atoms with Crippen LogP contribution in [0, 0.1) is 0 Å². The summed E-state index contributed by atoms with van der Waals surface area (Å²) >= 11 is 5.91. The first-order chi connectivity index (χ1) is 13.8. The molecule has 1 spiro atoms. The van der Waals surface area contributed by atoms with Gasteiger partial charge in [0.25, 0.3) is 5.91 Å². The number of carbonyl (C=O) groups excluding carboxylic acids is 2. The van der Waals surface area contributed by atoms with Crippen LogP contribution in [-0.4, -0.2) is 40.9 Å². The maximum Gasteiger partial charge on any atom is 0.266 e. The molecule has 2 aliphatic heterocycles. The molecular formula is C23H24ClNO4. The Kier molecular flexibility index (Phi) is 5.03. The average molecular weight is 414 g/mol. The van der Waals surface area contributed by atoms with Gasteiger partial charge in [-0.25, -0.2) is 0 Å². The van der Waals surface area contributed by atoms with Crippen LogP contribution < -0.4 is 9.47 Å². The number of piperidine rings is 1. The minimum absolute atomic E-state index is 0.0789. The van der Waals surface area contributed by atoms with E-state index < -0.39 is 11.2 Å². The molecule has 6 heteroatoms. The summed E-state index contributed by atoms with van der Waals surface area (Å²) < 4.78 is 12.2. The van der Waals surface area contributed by atoms with Crippen LogP contribution in [0.3, 0.4) is 0 Å². The van der Waals surface area contributed by atoms with Crippen LogP contribution >= 0.6 is 11.6 Å². The third-order valence-corrected chi connectivity index (χ3v) is 5.91. The van der Waals surface area contributed by atoms with Gasteiger partial charge < -0.3 is 14.4 Å². The van der Waals surface area contributed by atoms with Crippen molar-refractivity contribution in [3.05, 3.63) is 59.1 Å². The minimum Gasteiger partial charge on any atom is -0.486 e. The van der Waals surface area contributed by atoms with Crippen LogP contribution in [0.4, 0.5) is 0 Å². The van der Waals surface area contributed by atoms with Gasteiger partial charge in [-0.15, -0.1) is 0 Å². The summed E-state index contributed by atoms with van der Waals surface area (Å²) in [5, 5.41) is 0.617. The van der Waals surface area contributed by atoms with Gasteiger partial charge in [0.15, 0.2) is 11.4 Å². The first-order valence-corrected chi connectivity index (χ1v) is 10.2. The monoisotopic (exact) mass is 413 g/mol. The number of ether oxygens (including phenoxy) is 2. The zero-order chi connectivity index (χ0) is 20.6. The number of hydrogen-bond acceptors (Lipinski definition) is 4. The van der Waals surface area contributed by atoms with E-state index in [0.717, 1.165) is 0 Å². The SMILES string of the molecule is CC(C)(Oc1ccc(Cl)cc1)C(=O)N1CCC2(CC1)CC(=O)c1ccccc1O2. The second-order valence-electron chi connectivity index (χ2n) is 8.24. The zero-order valence-electron chi connectivity index (χ0n) is 16.6. The molecule has 4 rings (SSSR count). The number of Topliss-reactive ketones (excluding diaryl/α,β-unsaturated/α-hetero) is 1. The van der Waals surface area contributed by atoms with Crippen LogP contribution in [0.5, 0.6) is 11.5 Å². The summed E-state index contributed by atoms with van der Waals surface area (Å²) in [6.45, 7) is 4.60. The van der Waals surface area contributed by atoms with Crippen LogP contribution in [-0.2, 0) is 4.79 Å². The summed E-state index contributed by atoms with van der Waals surface area (Å²) in [4.78, 5) is 27.5. The fourth-order valence-corrected chi connectivity index (χ4v) is 4.19. The molecule has 0 atom stereocenters. The summed E-state index contributed by atoms with van der Waals surface area (Å²) in [5.74, 6) is 1.27. The molecule has 1 amide bonds. The number of fused-ring (bicyclic) bond motifs is 1. The lowest BCUT2D eigenvalue weighted by atomic mass is 9.82. The zero-order valence-corrected chi connectivity index (χ0v) is 17.4. The van der Waals surface area contributed by atoms with Crippen molar-refractivity contribution in [2.75, 3.05) is 13.1 Å². The normalized spacial score (nSPS) is 18.2. The van der Waals surface area contributed by atoms with Gasteiger partial charge in [-0.2, -0.15) is 0 Å². The number of likely N-dealkylation sites (tertiary alicyclic amines) is 1. The lowest BCUT2D eigenvalue weighted by Gasteiger charge is -2.45. The Bertz CT molecular complexity index is 930. The van der Waals surface area contributed by atoms with E-state index in [9.17, 15) is 9.59 Å². The van der Waals surface area contributed by atoms with Crippen molar-refractivity contribution in [2.24, 2.45) is 0 Å². The van der Waals surface area contributed by atoms with Crippen molar-refractivity contribution in [3.63, 3.8) is 0 Å². The Morgan fingerprint density at radius 3 is 2.45 bits per heavy atom. The Hall–Kier alpha value is -2.53. The van der Waals surface area contributed by atoms with Gasteiger partial charge in [-0.05, 0) is 50.2 Å². The van der Waals surface area contributed by atoms with Crippen LogP contribution in [0.15, 0.2) is 48.5 Å². The molecule has 0 aliphatic carbocycles. The molecule has 0 aromatic heterocycles. The number of para-hydroxylation sites is 1. The lowest BCUT2D eigenvalue weighted by Crippen LogP contribution is -2.56. The van der Waals surface area contributed by atoms with E-state index in [2.05, 4.69) is 0 Å². The molecule has 1 fully saturated rings. The van der Waals surface area contributed by atoms with Crippen molar-refractivity contribution in [3.8, 4) is 11.5 Å². The second-order valence-corrected chi connectivity index (χ2v) is 8.68. The summed E-state index contributed by atoms with van der Waals surface area (Å²) in [5.41, 5.74) is -0.883. The maximum atomic E-state index is 13.1. The van der Waals surface area contributed by atoms with E-state index in [-0.39, 0.29) is 11.7 Å². The number of halogens is 1. The Morgan fingerprint density at radius 1 is 1.10 bits per heavy atom. The quantitative estimate of drug-likeness (QED) is 0.742. The smallest absolute Gasteiger partial charge is 0.266 e. The van der Waals surface area contributed by atoms with Gasteiger partial charge >= 0.3 is 0 Å². The molecule has 1 saturated heterocycles. The number of benzene rings is 2.